The van der Waals surface area contributed by atoms with E-state index in [9.17, 15) is 9.59 Å². The van der Waals surface area contributed by atoms with Gasteiger partial charge in [0.15, 0.2) is 5.96 Å². The van der Waals surface area contributed by atoms with Crippen LogP contribution >= 0.6 is 0 Å². The van der Waals surface area contributed by atoms with Crippen molar-refractivity contribution in [2.75, 3.05) is 60.4 Å². The van der Waals surface area contributed by atoms with E-state index in [1.54, 1.807) is 14.0 Å². The Kier molecular flexibility index (Phi) is 16.9. The lowest BCUT2D eigenvalue weighted by atomic mass is 10.1. The molecule has 0 bridgehead atoms. The lowest BCUT2D eigenvalue weighted by Gasteiger charge is -2.22. The Labute approximate surface area is 172 Å². The fourth-order valence-electron chi connectivity index (χ4n) is 2.28. The van der Waals surface area contributed by atoms with Gasteiger partial charge >= 0.3 is 5.97 Å². The second-order valence-corrected chi connectivity index (χ2v) is 6.04. The Morgan fingerprint density at radius 2 is 1.72 bits per heavy atom. The van der Waals surface area contributed by atoms with Gasteiger partial charge in [-0.25, -0.2) is 4.79 Å². The van der Waals surface area contributed by atoms with Crippen LogP contribution in [0.3, 0.4) is 0 Å². The van der Waals surface area contributed by atoms with Crippen LogP contribution in [0.4, 0.5) is 0 Å². The van der Waals surface area contributed by atoms with Crippen LogP contribution in [0.2, 0.25) is 0 Å². The second-order valence-electron chi connectivity index (χ2n) is 6.04. The smallest absolute Gasteiger partial charge is 0.328 e. The van der Waals surface area contributed by atoms with Crippen molar-refractivity contribution in [2.45, 2.75) is 38.3 Å². The number of esters is 1. The number of guanidine groups is 1. The van der Waals surface area contributed by atoms with Crippen molar-refractivity contribution in [2.24, 2.45) is 5.73 Å². The van der Waals surface area contributed by atoms with Crippen LogP contribution in [0, 0.1) is 5.41 Å². The van der Waals surface area contributed by atoms with E-state index in [-0.39, 0.29) is 19.2 Å². The normalized spacial score (nSPS) is 12.8. The molecule has 170 valence electrons. The van der Waals surface area contributed by atoms with Crippen molar-refractivity contribution in [3.63, 3.8) is 0 Å². The molecule has 1 amide bonds. The predicted molar refractivity (Wildman–Crippen MR) is 107 cm³/mol. The molecule has 5 N–H and O–H groups in total. The number of ether oxygens (including phenoxy) is 5. The van der Waals surface area contributed by atoms with Gasteiger partial charge in [0.1, 0.15) is 12.1 Å². The summed E-state index contributed by atoms with van der Waals surface area (Å²) in [5.74, 6) is -1.09. The van der Waals surface area contributed by atoms with Crippen LogP contribution in [-0.2, 0) is 33.3 Å². The Morgan fingerprint density at radius 1 is 1.03 bits per heavy atom. The highest BCUT2D eigenvalue weighted by molar-refractivity contribution is 5.87. The summed E-state index contributed by atoms with van der Waals surface area (Å²) in [4.78, 5) is 24.9. The fourth-order valence-corrected chi connectivity index (χ4v) is 2.28. The van der Waals surface area contributed by atoms with Crippen LogP contribution in [0.25, 0.3) is 0 Å². The van der Waals surface area contributed by atoms with E-state index < -0.39 is 24.0 Å². The molecule has 0 aliphatic carbocycles. The van der Waals surface area contributed by atoms with Crippen molar-refractivity contribution in [3.8, 4) is 0 Å². The summed E-state index contributed by atoms with van der Waals surface area (Å²) in [6.45, 7) is 4.06. The van der Waals surface area contributed by atoms with Crippen LogP contribution in [0.1, 0.15) is 26.2 Å². The van der Waals surface area contributed by atoms with Gasteiger partial charge in [-0.1, -0.05) is 0 Å². The molecule has 0 heterocycles. The Hall–Kier alpha value is -1.95. The van der Waals surface area contributed by atoms with Gasteiger partial charge in [0.25, 0.3) is 0 Å². The third-order valence-corrected chi connectivity index (χ3v) is 3.73. The van der Waals surface area contributed by atoms with Crippen LogP contribution in [0.15, 0.2) is 0 Å². The Morgan fingerprint density at radius 3 is 2.34 bits per heavy atom. The molecular weight excluding hydrogens is 384 g/mol. The second kappa shape index (κ2) is 18.1. The summed E-state index contributed by atoms with van der Waals surface area (Å²) in [6, 6.07) is -0.820. The van der Waals surface area contributed by atoms with Gasteiger partial charge in [-0.3, -0.25) is 10.2 Å². The van der Waals surface area contributed by atoms with Crippen molar-refractivity contribution in [3.05, 3.63) is 0 Å². The summed E-state index contributed by atoms with van der Waals surface area (Å²) in [7, 11) is 3.12. The number of hydrogen-bond donors (Lipinski definition) is 4. The molecule has 0 saturated carbocycles. The zero-order valence-corrected chi connectivity index (χ0v) is 17.7. The maximum absolute atomic E-state index is 12.7. The summed E-state index contributed by atoms with van der Waals surface area (Å²) < 4.78 is 25.9. The van der Waals surface area contributed by atoms with Crippen molar-refractivity contribution in [1.29, 1.82) is 5.41 Å². The summed E-state index contributed by atoms with van der Waals surface area (Å²) in [6.07, 6.45) is 0.374. The van der Waals surface area contributed by atoms with Gasteiger partial charge in [0, 0.05) is 33.8 Å². The maximum atomic E-state index is 12.7. The first-order chi connectivity index (χ1) is 14.0. The van der Waals surface area contributed by atoms with Crippen molar-refractivity contribution in [1.82, 2.24) is 10.6 Å². The first-order valence-corrected chi connectivity index (χ1v) is 9.68. The van der Waals surface area contributed by atoms with Crippen molar-refractivity contribution >= 4 is 17.8 Å². The fraction of sp³-hybridized carbons (Fsp3) is 0.833. The third kappa shape index (κ3) is 14.7. The van der Waals surface area contributed by atoms with Gasteiger partial charge in [-0.2, -0.15) is 0 Å². The molecule has 0 fully saturated rings. The standard InChI is InChI=1S/C18H36N4O7/c1-4-28-17(24)14(6-5-8-21-18(19)20)22-16(23)15(29-13-11-26-3)7-9-27-12-10-25-2/h14-15H,4-13H2,1-3H3,(H,22,23)(H4,19,20,21). The Balaban J connectivity index is 4.76. The number of amides is 1. The van der Waals surface area contributed by atoms with Gasteiger partial charge in [0.05, 0.1) is 33.0 Å². The number of carbonyl (C=O) groups excluding carboxylic acids is 2. The number of methoxy groups -OCH3 is 2. The summed E-state index contributed by atoms with van der Waals surface area (Å²) in [5.41, 5.74) is 5.24. The minimum atomic E-state index is -0.820. The molecule has 0 rings (SSSR count). The largest absolute Gasteiger partial charge is 0.464 e. The molecule has 0 saturated heterocycles. The number of hydrogen-bond acceptors (Lipinski definition) is 8. The molecule has 11 nitrogen and oxygen atoms in total. The molecule has 0 aliphatic heterocycles. The van der Waals surface area contributed by atoms with E-state index in [0.29, 0.717) is 52.2 Å². The summed E-state index contributed by atoms with van der Waals surface area (Å²) in [5, 5.41) is 12.5. The van der Waals surface area contributed by atoms with E-state index in [4.69, 9.17) is 34.8 Å². The predicted octanol–water partition coefficient (Wildman–Crippen LogP) is -0.618. The van der Waals surface area contributed by atoms with E-state index in [1.165, 1.54) is 7.11 Å². The maximum Gasteiger partial charge on any atom is 0.328 e. The molecule has 2 atom stereocenters. The molecule has 0 aromatic carbocycles. The summed E-state index contributed by atoms with van der Waals surface area (Å²) >= 11 is 0. The third-order valence-electron chi connectivity index (χ3n) is 3.73. The van der Waals surface area contributed by atoms with Crippen LogP contribution in [-0.4, -0.2) is 90.4 Å². The first kappa shape index (κ1) is 27.0. The quantitative estimate of drug-likeness (QED) is 0.0983. The minimum Gasteiger partial charge on any atom is -0.464 e. The highest BCUT2D eigenvalue weighted by atomic mass is 16.5. The molecule has 0 spiro atoms. The highest BCUT2D eigenvalue weighted by Gasteiger charge is 2.26. The average molecular weight is 421 g/mol. The number of rotatable bonds is 18. The molecule has 0 radical (unpaired) electrons. The van der Waals surface area contributed by atoms with Crippen LogP contribution < -0.4 is 16.4 Å². The first-order valence-electron chi connectivity index (χ1n) is 9.68. The lowest BCUT2D eigenvalue weighted by Crippen LogP contribution is -2.47. The molecule has 0 aromatic rings. The van der Waals surface area contributed by atoms with Gasteiger partial charge in [-0.05, 0) is 19.8 Å². The minimum absolute atomic E-state index is 0.151. The molecule has 2 unspecified atom stereocenters. The molecular formula is C18H36N4O7. The lowest BCUT2D eigenvalue weighted by molar-refractivity contribution is -0.149. The van der Waals surface area contributed by atoms with E-state index in [0.717, 1.165) is 0 Å². The van der Waals surface area contributed by atoms with Crippen molar-refractivity contribution < 1.29 is 33.3 Å². The molecule has 0 aliphatic rings. The molecule has 0 aromatic heterocycles. The van der Waals surface area contributed by atoms with Gasteiger partial charge in [0.2, 0.25) is 5.91 Å². The number of nitrogens with two attached hydrogens (primary N) is 1. The molecule has 29 heavy (non-hydrogen) atoms. The SMILES string of the molecule is CCOC(=O)C(CCCNC(=N)N)NC(=O)C(CCOCCOC)OCCOC. The zero-order valence-electron chi connectivity index (χ0n) is 17.7. The van der Waals surface area contributed by atoms with Crippen LogP contribution in [0.5, 0.6) is 0 Å². The van der Waals surface area contributed by atoms with Gasteiger partial charge in [-0.15, -0.1) is 0 Å². The van der Waals surface area contributed by atoms with E-state index >= 15 is 0 Å². The number of nitrogens with one attached hydrogen (secondary N) is 3. The average Bonchev–Trinajstić information content (AvgIpc) is 2.68. The van der Waals surface area contributed by atoms with E-state index in [2.05, 4.69) is 10.6 Å². The topological polar surface area (TPSA) is 154 Å². The monoisotopic (exact) mass is 420 g/mol. The highest BCUT2D eigenvalue weighted by Crippen LogP contribution is 2.05. The zero-order chi connectivity index (χ0) is 21.9. The molecule has 11 heteroatoms. The van der Waals surface area contributed by atoms with Gasteiger partial charge < -0.3 is 40.1 Å². The van der Waals surface area contributed by atoms with E-state index in [1.807, 2.05) is 0 Å². The Bertz CT molecular complexity index is 465. The number of carbonyl (C=O) groups is 2.